The van der Waals surface area contributed by atoms with Gasteiger partial charge >= 0.3 is 0 Å². The van der Waals surface area contributed by atoms with Crippen molar-refractivity contribution in [3.8, 4) is 0 Å². The third-order valence-electron chi connectivity index (χ3n) is 3.27. The van der Waals surface area contributed by atoms with Gasteiger partial charge in [-0.15, -0.1) is 11.3 Å². The molecule has 0 atom stereocenters. The Morgan fingerprint density at radius 1 is 1.53 bits per heavy atom. The summed E-state index contributed by atoms with van der Waals surface area (Å²) in [6.07, 6.45) is 0. The lowest BCUT2D eigenvalue weighted by atomic mass is 9.99. The molecule has 0 unspecified atom stereocenters. The van der Waals surface area contributed by atoms with Gasteiger partial charge in [0.05, 0.1) is 5.57 Å². The van der Waals surface area contributed by atoms with Crippen LogP contribution in [0, 0.1) is 0 Å². The molecule has 0 saturated carbocycles. The van der Waals surface area contributed by atoms with Crippen molar-refractivity contribution >= 4 is 28.7 Å². The van der Waals surface area contributed by atoms with Gasteiger partial charge in [-0.2, -0.15) is 0 Å². The highest BCUT2D eigenvalue weighted by atomic mass is 32.1. The van der Waals surface area contributed by atoms with Crippen molar-refractivity contribution in [3.05, 3.63) is 28.1 Å². The minimum absolute atomic E-state index is 0.0372. The number of carbonyl (C=O) groups excluding carboxylic acids is 2. The number of amides is 2. The summed E-state index contributed by atoms with van der Waals surface area (Å²) in [5.74, 6) is -0.214. The van der Waals surface area contributed by atoms with E-state index in [4.69, 9.17) is 10.5 Å². The summed E-state index contributed by atoms with van der Waals surface area (Å²) in [4.78, 5) is 26.3. The molecule has 2 heterocycles. The zero-order chi connectivity index (χ0) is 14.2. The summed E-state index contributed by atoms with van der Waals surface area (Å²) in [7, 11) is 0. The smallest absolute Gasteiger partial charge is 0.262 e. The van der Waals surface area contributed by atoms with Gasteiger partial charge in [0, 0.05) is 4.88 Å². The molecule has 1 aliphatic rings. The molecule has 2 amide bonds. The fraction of sp³-hybridized carbons (Fsp3) is 0.385. The molecule has 1 aromatic heterocycles. The Labute approximate surface area is 115 Å². The van der Waals surface area contributed by atoms with Crippen molar-refractivity contribution in [1.29, 1.82) is 0 Å². The average molecular weight is 280 g/mol. The van der Waals surface area contributed by atoms with E-state index in [9.17, 15) is 9.59 Å². The molecule has 19 heavy (non-hydrogen) atoms. The van der Waals surface area contributed by atoms with E-state index in [-0.39, 0.29) is 12.6 Å². The fourth-order valence-corrected chi connectivity index (χ4v) is 2.64. The molecule has 0 aliphatic carbocycles. The summed E-state index contributed by atoms with van der Waals surface area (Å²) in [5, 5.41) is 1.89. The average Bonchev–Trinajstić information content (AvgIpc) is 2.82. The van der Waals surface area contributed by atoms with Gasteiger partial charge in [-0.3, -0.25) is 14.5 Å². The number of carbonyl (C=O) groups is 2. The summed E-state index contributed by atoms with van der Waals surface area (Å²) >= 11 is 1.46. The van der Waals surface area contributed by atoms with Crippen LogP contribution < -0.4 is 5.73 Å². The number of thiophene rings is 1. The van der Waals surface area contributed by atoms with Crippen molar-refractivity contribution in [1.82, 2.24) is 4.90 Å². The van der Waals surface area contributed by atoms with Gasteiger partial charge in [0.15, 0.2) is 6.73 Å². The summed E-state index contributed by atoms with van der Waals surface area (Å²) < 4.78 is 5.52. The first-order valence-corrected chi connectivity index (χ1v) is 6.73. The molecule has 1 aromatic rings. The number of allylic oxidation sites excluding steroid dienone is 1. The number of nitrogens with two attached hydrogens (primary N) is 1. The molecule has 0 spiro atoms. The van der Waals surface area contributed by atoms with E-state index in [1.165, 1.54) is 16.2 Å². The second-order valence-electron chi connectivity index (χ2n) is 4.84. The Balaban J connectivity index is 2.42. The van der Waals surface area contributed by atoms with E-state index in [1.807, 2.05) is 17.5 Å². The van der Waals surface area contributed by atoms with Crippen LogP contribution in [-0.2, 0) is 14.3 Å². The van der Waals surface area contributed by atoms with Crippen molar-refractivity contribution in [2.24, 2.45) is 5.73 Å². The van der Waals surface area contributed by atoms with Crippen LogP contribution >= 0.6 is 11.3 Å². The maximum absolute atomic E-state index is 12.6. The van der Waals surface area contributed by atoms with Crippen LogP contribution in [0.2, 0.25) is 0 Å². The molecule has 102 valence electrons. The molecule has 0 aromatic carbocycles. The number of ether oxygens (including phenoxy) is 1. The molecule has 0 radical (unpaired) electrons. The maximum atomic E-state index is 12.6. The quantitative estimate of drug-likeness (QED) is 0.913. The molecule has 0 bridgehead atoms. The van der Waals surface area contributed by atoms with E-state index in [1.54, 1.807) is 20.8 Å². The normalized spacial score (nSPS) is 16.6. The van der Waals surface area contributed by atoms with Gasteiger partial charge in [-0.05, 0) is 32.2 Å². The van der Waals surface area contributed by atoms with E-state index >= 15 is 0 Å². The Bertz CT molecular complexity index is 546. The van der Waals surface area contributed by atoms with Gasteiger partial charge in [-0.25, -0.2) is 0 Å². The largest absolute Gasteiger partial charge is 0.477 e. The first-order valence-electron chi connectivity index (χ1n) is 5.85. The van der Waals surface area contributed by atoms with Crippen molar-refractivity contribution in [2.45, 2.75) is 26.3 Å². The summed E-state index contributed by atoms with van der Waals surface area (Å²) in [6, 6.07) is 3.72. The number of rotatable bonds is 3. The molecule has 2 N–H and O–H groups in total. The standard InChI is InChI=1S/C13H16N2O3S/c1-8-10(9-5-4-6-19-9)11(16)15(7-18-8)13(2,3)12(14)17/h4-6H,7H2,1-3H3,(H2,14,17). The number of primary amides is 1. The molecule has 6 heteroatoms. The molecule has 2 rings (SSSR count). The topological polar surface area (TPSA) is 72.6 Å². The van der Waals surface area contributed by atoms with Crippen LogP contribution in [-0.4, -0.2) is 29.0 Å². The SMILES string of the molecule is CC1=C(c2cccs2)C(=O)N(C(C)(C)C(N)=O)CO1. The number of hydrogen-bond acceptors (Lipinski definition) is 4. The lowest BCUT2D eigenvalue weighted by molar-refractivity contribution is -0.148. The van der Waals surface area contributed by atoms with E-state index in [0.717, 1.165) is 4.88 Å². The Hall–Kier alpha value is -1.82. The van der Waals surface area contributed by atoms with Crippen molar-refractivity contribution in [3.63, 3.8) is 0 Å². The Morgan fingerprint density at radius 2 is 2.21 bits per heavy atom. The fourth-order valence-electron chi connectivity index (χ4n) is 1.83. The second kappa shape index (κ2) is 4.70. The molecule has 1 aliphatic heterocycles. The monoisotopic (exact) mass is 280 g/mol. The van der Waals surface area contributed by atoms with Crippen molar-refractivity contribution in [2.75, 3.05) is 6.73 Å². The lowest BCUT2D eigenvalue weighted by Gasteiger charge is -2.39. The predicted molar refractivity (Wildman–Crippen MR) is 73.0 cm³/mol. The van der Waals surface area contributed by atoms with Crippen LogP contribution in [0.5, 0.6) is 0 Å². The predicted octanol–water partition coefficient (Wildman–Crippen LogP) is 1.56. The lowest BCUT2D eigenvalue weighted by Crippen LogP contribution is -2.57. The van der Waals surface area contributed by atoms with Crippen LogP contribution in [0.1, 0.15) is 25.6 Å². The minimum Gasteiger partial charge on any atom is -0.477 e. The highest BCUT2D eigenvalue weighted by Gasteiger charge is 2.41. The minimum atomic E-state index is -1.08. The third-order valence-corrected chi connectivity index (χ3v) is 4.15. The Kier molecular flexibility index (Phi) is 3.36. The van der Waals surface area contributed by atoms with Crippen LogP contribution in [0.4, 0.5) is 0 Å². The van der Waals surface area contributed by atoms with Gasteiger partial charge < -0.3 is 10.5 Å². The highest BCUT2D eigenvalue weighted by Crippen LogP contribution is 2.32. The second-order valence-corrected chi connectivity index (χ2v) is 5.79. The summed E-state index contributed by atoms with van der Waals surface area (Å²) in [5.41, 5.74) is 4.77. The first-order chi connectivity index (χ1) is 8.85. The van der Waals surface area contributed by atoms with Gasteiger partial charge in [0.1, 0.15) is 11.3 Å². The molecule has 0 saturated heterocycles. The van der Waals surface area contributed by atoms with Gasteiger partial charge in [0.2, 0.25) is 5.91 Å². The molecular weight excluding hydrogens is 264 g/mol. The van der Waals surface area contributed by atoms with Crippen molar-refractivity contribution < 1.29 is 14.3 Å². The van der Waals surface area contributed by atoms with Crippen LogP contribution in [0.3, 0.4) is 0 Å². The number of nitrogens with zero attached hydrogens (tertiary/aromatic N) is 1. The van der Waals surface area contributed by atoms with E-state index in [0.29, 0.717) is 11.3 Å². The molecular formula is C13H16N2O3S. The molecule has 0 fully saturated rings. The van der Waals surface area contributed by atoms with Crippen LogP contribution in [0.15, 0.2) is 23.3 Å². The van der Waals surface area contributed by atoms with Crippen LogP contribution in [0.25, 0.3) is 5.57 Å². The first kappa shape index (κ1) is 13.6. The third kappa shape index (κ3) is 2.23. The van der Waals surface area contributed by atoms with Gasteiger partial charge in [0.25, 0.3) is 5.91 Å². The van der Waals surface area contributed by atoms with E-state index in [2.05, 4.69) is 0 Å². The molecule has 5 nitrogen and oxygen atoms in total. The highest BCUT2D eigenvalue weighted by molar-refractivity contribution is 7.11. The summed E-state index contributed by atoms with van der Waals surface area (Å²) in [6.45, 7) is 5.02. The van der Waals surface area contributed by atoms with Gasteiger partial charge in [-0.1, -0.05) is 6.07 Å². The van der Waals surface area contributed by atoms with E-state index < -0.39 is 11.4 Å². The zero-order valence-electron chi connectivity index (χ0n) is 11.1. The Morgan fingerprint density at radius 3 is 2.74 bits per heavy atom. The number of hydrogen-bond donors (Lipinski definition) is 1. The maximum Gasteiger partial charge on any atom is 0.262 e. The zero-order valence-corrected chi connectivity index (χ0v) is 11.9.